The number of hydrogen-bond acceptors (Lipinski definition) is 2. The summed E-state index contributed by atoms with van der Waals surface area (Å²) in [5, 5.41) is 8.51. The van der Waals surface area contributed by atoms with Crippen LogP contribution in [0.15, 0.2) is 34.8 Å². The summed E-state index contributed by atoms with van der Waals surface area (Å²) in [4.78, 5) is 10.4. The number of halogens is 2. The highest BCUT2D eigenvalue weighted by atomic mass is 79.9. The molecule has 5 heteroatoms. The summed E-state index contributed by atoms with van der Waals surface area (Å²) < 4.78 is 18.4. The lowest BCUT2D eigenvalue weighted by Gasteiger charge is -2.06. The van der Waals surface area contributed by atoms with Gasteiger partial charge in [0.2, 0.25) is 0 Å². The lowest BCUT2D eigenvalue weighted by molar-refractivity contribution is -0.133. The van der Waals surface area contributed by atoms with E-state index in [9.17, 15) is 9.18 Å². The molecule has 0 amide bonds. The second-order valence-corrected chi connectivity index (χ2v) is 3.72. The molecule has 0 spiro atoms. The van der Waals surface area contributed by atoms with Crippen molar-refractivity contribution >= 4 is 21.9 Å². The van der Waals surface area contributed by atoms with Gasteiger partial charge in [0.25, 0.3) is 0 Å². The van der Waals surface area contributed by atoms with Gasteiger partial charge in [-0.3, -0.25) is 0 Å². The molecule has 3 nitrogen and oxygen atoms in total. The standard InChI is InChI=1S/C10H8BrFO3/c1-6(10(13)14)5-15-9-3-7(11)2-8(12)4-9/h2-4H,1,5H2,(H,13,14). The Hall–Kier alpha value is -1.36. The number of carbonyl (C=O) groups is 1. The normalized spacial score (nSPS) is 9.73. The molecule has 0 aliphatic carbocycles. The van der Waals surface area contributed by atoms with Crippen LogP contribution in [0.25, 0.3) is 0 Å². The lowest BCUT2D eigenvalue weighted by Crippen LogP contribution is -2.08. The zero-order chi connectivity index (χ0) is 11.4. The Labute approximate surface area is 94.3 Å². The Morgan fingerprint density at radius 3 is 2.73 bits per heavy atom. The van der Waals surface area contributed by atoms with Gasteiger partial charge in [0.1, 0.15) is 18.2 Å². The first-order valence-corrected chi connectivity index (χ1v) is 4.78. The average molecular weight is 275 g/mol. The van der Waals surface area contributed by atoms with E-state index in [1.54, 1.807) is 0 Å². The van der Waals surface area contributed by atoms with Crippen LogP contribution in [0.2, 0.25) is 0 Å². The van der Waals surface area contributed by atoms with Gasteiger partial charge in [-0.2, -0.15) is 0 Å². The number of carboxylic acid groups (broad SMARTS) is 1. The maximum absolute atomic E-state index is 12.9. The average Bonchev–Trinajstić information content (AvgIpc) is 2.12. The van der Waals surface area contributed by atoms with Gasteiger partial charge in [-0.25, -0.2) is 9.18 Å². The summed E-state index contributed by atoms with van der Waals surface area (Å²) in [6.45, 7) is 3.11. The van der Waals surface area contributed by atoms with E-state index in [1.807, 2.05) is 0 Å². The maximum Gasteiger partial charge on any atom is 0.334 e. The smallest absolute Gasteiger partial charge is 0.334 e. The zero-order valence-electron chi connectivity index (χ0n) is 7.67. The van der Waals surface area contributed by atoms with Crippen LogP contribution in [0.4, 0.5) is 4.39 Å². The summed E-state index contributed by atoms with van der Waals surface area (Å²) in [6, 6.07) is 3.98. The highest BCUT2D eigenvalue weighted by Gasteiger charge is 2.05. The molecular formula is C10H8BrFO3. The topological polar surface area (TPSA) is 46.5 Å². The van der Waals surface area contributed by atoms with Gasteiger partial charge in [-0.05, 0) is 12.1 Å². The molecule has 0 aromatic heterocycles. The number of carboxylic acids is 1. The van der Waals surface area contributed by atoms with Crippen molar-refractivity contribution in [3.8, 4) is 5.75 Å². The third-order valence-corrected chi connectivity index (χ3v) is 2.01. The van der Waals surface area contributed by atoms with Gasteiger partial charge >= 0.3 is 5.97 Å². The van der Waals surface area contributed by atoms with Crippen LogP contribution in [0, 0.1) is 5.82 Å². The van der Waals surface area contributed by atoms with E-state index in [0.717, 1.165) is 0 Å². The van der Waals surface area contributed by atoms with Crippen LogP contribution in [0.3, 0.4) is 0 Å². The number of rotatable bonds is 4. The fraction of sp³-hybridized carbons (Fsp3) is 0.100. The van der Waals surface area contributed by atoms with Crippen molar-refractivity contribution < 1.29 is 19.0 Å². The molecule has 0 fully saturated rings. The third kappa shape index (κ3) is 3.71. The van der Waals surface area contributed by atoms with Gasteiger partial charge < -0.3 is 9.84 Å². The summed E-state index contributed by atoms with van der Waals surface area (Å²) in [6.07, 6.45) is 0. The van der Waals surface area contributed by atoms with E-state index in [0.29, 0.717) is 4.47 Å². The number of hydrogen-bond donors (Lipinski definition) is 1. The maximum atomic E-state index is 12.9. The van der Waals surface area contributed by atoms with Crippen LogP contribution in [-0.4, -0.2) is 17.7 Å². The van der Waals surface area contributed by atoms with Crippen LogP contribution in [0.1, 0.15) is 0 Å². The van der Waals surface area contributed by atoms with Gasteiger partial charge in [0, 0.05) is 10.5 Å². The van der Waals surface area contributed by atoms with E-state index in [4.69, 9.17) is 9.84 Å². The predicted molar refractivity (Wildman–Crippen MR) is 56.4 cm³/mol. The first-order chi connectivity index (χ1) is 6.99. The lowest BCUT2D eigenvalue weighted by atomic mass is 10.3. The van der Waals surface area contributed by atoms with Gasteiger partial charge in [0.15, 0.2) is 0 Å². The minimum atomic E-state index is -1.13. The third-order valence-electron chi connectivity index (χ3n) is 1.55. The molecule has 1 aromatic rings. The molecule has 0 saturated heterocycles. The van der Waals surface area contributed by atoms with Crippen molar-refractivity contribution in [1.82, 2.24) is 0 Å². The van der Waals surface area contributed by atoms with Crippen molar-refractivity contribution in [3.05, 3.63) is 40.6 Å². The molecule has 80 valence electrons. The molecule has 0 aliphatic rings. The van der Waals surface area contributed by atoms with Gasteiger partial charge in [0.05, 0.1) is 5.57 Å². The Kier molecular flexibility index (Phi) is 3.85. The first kappa shape index (κ1) is 11.7. The molecule has 0 unspecified atom stereocenters. The summed E-state index contributed by atoms with van der Waals surface area (Å²) >= 11 is 3.09. The largest absolute Gasteiger partial charge is 0.489 e. The van der Waals surface area contributed by atoms with Crippen molar-refractivity contribution in [2.75, 3.05) is 6.61 Å². The predicted octanol–water partition coefficient (Wildman–Crippen LogP) is 2.61. The Balaban J connectivity index is 2.65. The zero-order valence-corrected chi connectivity index (χ0v) is 9.25. The molecule has 0 bridgehead atoms. The summed E-state index contributed by atoms with van der Waals surface area (Å²) in [5.74, 6) is -1.34. The number of aliphatic carboxylic acids is 1. The highest BCUT2D eigenvalue weighted by Crippen LogP contribution is 2.20. The fourth-order valence-electron chi connectivity index (χ4n) is 0.844. The first-order valence-electron chi connectivity index (χ1n) is 3.99. The minimum Gasteiger partial charge on any atom is -0.489 e. The summed E-state index contributed by atoms with van der Waals surface area (Å²) in [7, 11) is 0. The van der Waals surface area contributed by atoms with Crippen molar-refractivity contribution in [3.63, 3.8) is 0 Å². The molecular weight excluding hydrogens is 267 g/mol. The van der Waals surface area contributed by atoms with Crippen molar-refractivity contribution in [2.24, 2.45) is 0 Å². The molecule has 0 aliphatic heterocycles. The minimum absolute atomic E-state index is 0.0876. The molecule has 1 aromatic carbocycles. The van der Waals surface area contributed by atoms with Crippen LogP contribution < -0.4 is 4.74 Å². The molecule has 1 N–H and O–H groups in total. The second-order valence-electron chi connectivity index (χ2n) is 2.80. The van der Waals surface area contributed by atoms with Crippen LogP contribution in [-0.2, 0) is 4.79 Å². The van der Waals surface area contributed by atoms with E-state index < -0.39 is 11.8 Å². The monoisotopic (exact) mass is 274 g/mol. The number of ether oxygens (including phenoxy) is 1. The SMILES string of the molecule is C=C(COc1cc(F)cc(Br)c1)C(=O)O. The second kappa shape index (κ2) is 4.93. The molecule has 15 heavy (non-hydrogen) atoms. The molecule has 0 radical (unpaired) electrons. The van der Waals surface area contributed by atoms with E-state index >= 15 is 0 Å². The summed E-state index contributed by atoms with van der Waals surface area (Å²) in [5.41, 5.74) is -0.0876. The fourth-order valence-corrected chi connectivity index (χ4v) is 1.29. The number of benzene rings is 1. The Morgan fingerprint density at radius 1 is 1.53 bits per heavy atom. The van der Waals surface area contributed by atoms with Crippen molar-refractivity contribution in [1.29, 1.82) is 0 Å². The Morgan fingerprint density at radius 2 is 2.20 bits per heavy atom. The van der Waals surface area contributed by atoms with E-state index in [2.05, 4.69) is 22.5 Å². The molecule has 0 heterocycles. The quantitative estimate of drug-likeness (QED) is 0.859. The highest BCUT2D eigenvalue weighted by molar-refractivity contribution is 9.10. The van der Waals surface area contributed by atoms with Crippen molar-refractivity contribution in [2.45, 2.75) is 0 Å². The van der Waals surface area contributed by atoms with E-state index in [-0.39, 0.29) is 17.9 Å². The van der Waals surface area contributed by atoms with E-state index in [1.165, 1.54) is 18.2 Å². The van der Waals surface area contributed by atoms with Crippen LogP contribution >= 0.6 is 15.9 Å². The van der Waals surface area contributed by atoms with Gasteiger partial charge in [-0.1, -0.05) is 22.5 Å². The molecule has 1 rings (SSSR count). The Bertz CT molecular complexity index is 383. The molecule has 0 saturated carbocycles. The van der Waals surface area contributed by atoms with Gasteiger partial charge in [-0.15, -0.1) is 0 Å². The van der Waals surface area contributed by atoms with Crippen LogP contribution in [0.5, 0.6) is 5.75 Å². The molecule has 0 atom stereocenters.